The molecule has 0 radical (unpaired) electrons. The maximum atomic E-state index is 13.5. The van der Waals surface area contributed by atoms with E-state index >= 15 is 0 Å². The molecule has 4 rings (SSSR count). The van der Waals surface area contributed by atoms with Crippen molar-refractivity contribution in [2.45, 2.75) is 13.3 Å². The van der Waals surface area contributed by atoms with Gasteiger partial charge in [-0.2, -0.15) is 5.10 Å². The Hall–Kier alpha value is -3.97. The zero-order chi connectivity index (χ0) is 24.8. The van der Waals surface area contributed by atoms with Crippen LogP contribution >= 0.6 is 11.6 Å². The fraction of sp³-hybridized carbons (Fsp3) is 0.148. The van der Waals surface area contributed by atoms with Gasteiger partial charge in [0.25, 0.3) is 5.91 Å². The van der Waals surface area contributed by atoms with Crippen LogP contribution in [0, 0.1) is 5.82 Å². The van der Waals surface area contributed by atoms with Crippen molar-refractivity contribution < 1.29 is 14.0 Å². The first kappa shape index (κ1) is 24.2. The normalized spacial score (nSPS) is 10.7. The largest absolute Gasteiger partial charge is 0.329 e. The van der Waals surface area contributed by atoms with Gasteiger partial charge in [0.2, 0.25) is 5.91 Å². The molecule has 1 heterocycles. The number of carbonyl (C=O) groups excluding carboxylic acids is 2. The van der Waals surface area contributed by atoms with E-state index in [4.69, 9.17) is 11.6 Å². The molecule has 0 spiro atoms. The van der Waals surface area contributed by atoms with Crippen molar-refractivity contribution in [1.82, 2.24) is 14.7 Å². The highest BCUT2D eigenvalue weighted by Gasteiger charge is 2.20. The molecule has 0 aliphatic carbocycles. The van der Waals surface area contributed by atoms with Crippen molar-refractivity contribution in [2.75, 3.05) is 18.4 Å². The summed E-state index contributed by atoms with van der Waals surface area (Å²) in [4.78, 5) is 27.6. The molecule has 0 atom stereocenters. The van der Waals surface area contributed by atoms with Crippen molar-refractivity contribution in [3.63, 3.8) is 0 Å². The lowest BCUT2D eigenvalue weighted by Gasteiger charge is -2.22. The molecule has 0 bridgehead atoms. The topological polar surface area (TPSA) is 67.2 Å². The number of aromatic nitrogens is 2. The van der Waals surface area contributed by atoms with Crippen LogP contribution in [0.3, 0.4) is 0 Å². The van der Waals surface area contributed by atoms with Gasteiger partial charge < -0.3 is 10.2 Å². The summed E-state index contributed by atoms with van der Waals surface area (Å²) in [6.45, 7) is 2.20. The molecule has 178 valence electrons. The molecule has 2 amide bonds. The van der Waals surface area contributed by atoms with Gasteiger partial charge in [-0.1, -0.05) is 54.9 Å². The summed E-state index contributed by atoms with van der Waals surface area (Å²) >= 11 is 6.04. The Morgan fingerprint density at radius 1 is 1.00 bits per heavy atom. The lowest BCUT2D eigenvalue weighted by Crippen LogP contribution is -2.38. The molecule has 1 aromatic heterocycles. The van der Waals surface area contributed by atoms with Gasteiger partial charge in [-0.25, -0.2) is 9.07 Å². The minimum atomic E-state index is -0.378. The second-order valence-electron chi connectivity index (χ2n) is 7.95. The highest BCUT2D eigenvalue weighted by atomic mass is 35.5. The van der Waals surface area contributed by atoms with Gasteiger partial charge >= 0.3 is 0 Å². The average molecular weight is 491 g/mol. The quantitative estimate of drug-likeness (QED) is 0.338. The van der Waals surface area contributed by atoms with E-state index in [2.05, 4.69) is 10.4 Å². The van der Waals surface area contributed by atoms with Gasteiger partial charge in [0.15, 0.2) is 0 Å². The van der Waals surface area contributed by atoms with E-state index in [9.17, 15) is 14.0 Å². The molecule has 0 saturated carbocycles. The Kier molecular flexibility index (Phi) is 7.57. The van der Waals surface area contributed by atoms with Crippen molar-refractivity contribution in [3.8, 4) is 16.9 Å². The number of rotatable bonds is 8. The van der Waals surface area contributed by atoms with Gasteiger partial charge in [0.1, 0.15) is 18.2 Å². The van der Waals surface area contributed by atoms with Crippen LogP contribution in [0.5, 0.6) is 0 Å². The molecule has 6 nitrogen and oxygen atoms in total. The Morgan fingerprint density at radius 2 is 1.74 bits per heavy atom. The summed E-state index contributed by atoms with van der Waals surface area (Å²) in [6, 6.07) is 23.7. The molecule has 0 fully saturated rings. The summed E-state index contributed by atoms with van der Waals surface area (Å²) in [7, 11) is 0. The van der Waals surface area contributed by atoms with E-state index in [0.29, 0.717) is 40.8 Å². The zero-order valence-corrected chi connectivity index (χ0v) is 19.9. The molecule has 3 aromatic carbocycles. The number of hydrogen-bond donors (Lipinski definition) is 1. The number of anilines is 1. The first-order valence-corrected chi connectivity index (χ1v) is 11.6. The van der Waals surface area contributed by atoms with Crippen molar-refractivity contribution in [2.24, 2.45) is 0 Å². The van der Waals surface area contributed by atoms with E-state index in [0.717, 1.165) is 5.56 Å². The number of nitrogens with one attached hydrogen (secondary N) is 1. The lowest BCUT2D eigenvalue weighted by molar-refractivity contribution is -0.116. The number of benzene rings is 3. The van der Waals surface area contributed by atoms with E-state index < -0.39 is 0 Å². The second-order valence-corrected chi connectivity index (χ2v) is 8.39. The Bertz CT molecular complexity index is 1320. The first-order chi connectivity index (χ1) is 16.9. The number of nitrogens with zero attached hydrogens (tertiary/aromatic N) is 3. The molecule has 0 aliphatic heterocycles. The predicted octanol–water partition coefficient (Wildman–Crippen LogP) is 5.82. The Morgan fingerprint density at radius 3 is 2.43 bits per heavy atom. The van der Waals surface area contributed by atoms with Crippen molar-refractivity contribution in [1.29, 1.82) is 0 Å². The van der Waals surface area contributed by atoms with Gasteiger partial charge in [-0.05, 0) is 48.9 Å². The second kappa shape index (κ2) is 11.0. The van der Waals surface area contributed by atoms with E-state index in [-0.39, 0.29) is 24.2 Å². The average Bonchev–Trinajstić information content (AvgIpc) is 3.28. The van der Waals surface area contributed by atoms with Crippen molar-refractivity contribution >= 4 is 29.2 Å². The van der Waals surface area contributed by atoms with Crippen LogP contribution in [0.2, 0.25) is 5.02 Å². The summed E-state index contributed by atoms with van der Waals surface area (Å²) in [5, 5.41) is 7.95. The van der Waals surface area contributed by atoms with Gasteiger partial charge in [0.05, 0.1) is 11.4 Å². The molecule has 1 N–H and O–H groups in total. The molecular formula is C27H24ClFN4O2. The summed E-state index contributed by atoms with van der Waals surface area (Å²) in [5.41, 5.74) is 2.52. The highest BCUT2D eigenvalue weighted by molar-refractivity contribution is 6.31. The van der Waals surface area contributed by atoms with Crippen LogP contribution in [-0.4, -0.2) is 39.6 Å². The van der Waals surface area contributed by atoms with Crippen LogP contribution in [0.15, 0.2) is 84.9 Å². The molecule has 0 saturated heterocycles. The zero-order valence-electron chi connectivity index (χ0n) is 19.1. The molecule has 8 heteroatoms. The number of hydrogen-bond acceptors (Lipinski definition) is 3. The fourth-order valence-electron chi connectivity index (χ4n) is 3.68. The maximum Gasteiger partial charge on any atom is 0.254 e. The van der Waals surface area contributed by atoms with E-state index in [1.165, 1.54) is 17.0 Å². The van der Waals surface area contributed by atoms with E-state index in [1.54, 1.807) is 47.1 Å². The van der Waals surface area contributed by atoms with Crippen LogP contribution in [0.1, 0.15) is 23.7 Å². The minimum absolute atomic E-state index is 0.144. The molecule has 0 aliphatic rings. The predicted molar refractivity (Wildman–Crippen MR) is 135 cm³/mol. The minimum Gasteiger partial charge on any atom is -0.329 e. The third kappa shape index (κ3) is 5.94. The summed E-state index contributed by atoms with van der Waals surface area (Å²) in [6.07, 6.45) is 0.686. The third-order valence-electron chi connectivity index (χ3n) is 5.30. The van der Waals surface area contributed by atoms with Gasteiger partial charge in [-0.3, -0.25) is 9.59 Å². The Labute approximate surface area is 208 Å². The van der Waals surface area contributed by atoms with Crippen LogP contribution in [-0.2, 0) is 4.79 Å². The third-order valence-corrected chi connectivity index (χ3v) is 5.54. The van der Waals surface area contributed by atoms with Gasteiger partial charge in [-0.15, -0.1) is 0 Å². The number of halogens is 2. The number of carbonyl (C=O) groups is 2. The SMILES string of the molecule is CCCN(CC(=O)Nc1cc(-c2ccccc2)nn1-c1ccc(F)cc1)C(=O)c1cccc(Cl)c1. The van der Waals surface area contributed by atoms with Crippen LogP contribution < -0.4 is 5.32 Å². The standard InChI is InChI=1S/C27H24ClFN4O2/c1-2-15-32(27(35)20-9-6-10-21(28)16-20)18-26(34)30-25-17-24(19-7-4-3-5-8-19)31-33(25)23-13-11-22(29)12-14-23/h3-14,16-17H,2,15,18H2,1H3,(H,30,34). The monoisotopic (exact) mass is 490 g/mol. The van der Waals surface area contributed by atoms with Crippen LogP contribution in [0.4, 0.5) is 10.2 Å². The smallest absolute Gasteiger partial charge is 0.254 e. The first-order valence-electron chi connectivity index (χ1n) is 11.2. The number of amides is 2. The maximum absolute atomic E-state index is 13.5. The Balaban J connectivity index is 1.60. The molecule has 35 heavy (non-hydrogen) atoms. The fourth-order valence-corrected chi connectivity index (χ4v) is 3.87. The molecule has 0 unspecified atom stereocenters. The van der Waals surface area contributed by atoms with Crippen molar-refractivity contribution in [3.05, 3.63) is 101 Å². The highest BCUT2D eigenvalue weighted by Crippen LogP contribution is 2.25. The van der Waals surface area contributed by atoms with Crippen LogP contribution in [0.25, 0.3) is 16.9 Å². The molecular weight excluding hydrogens is 467 g/mol. The van der Waals surface area contributed by atoms with Gasteiger partial charge in [0, 0.05) is 28.8 Å². The molecule has 4 aromatic rings. The lowest BCUT2D eigenvalue weighted by atomic mass is 10.1. The summed E-state index contributed by atoms with van der Waals surface area (Å²) < 4.78 is 15.0. The van der Waals surface area contributed by atoms with E-state index in [1.807, 2.05) is 37.3 Å². The summed E-state index contributed by atoms with van der Waals surface area (Å²) in [5.74, 6) is -0.616.